The molecule has 2 aromatic rings. The van der Waals surface area contributed by atoms with Gasteiger partial charge in [-0.2, -0.15) is 0 Å². The normalized spacial score (nSPS) is 10.3. The highest BCUT2D eigenvalue weighted by molar-refractivity contribution is 9.10. The van der Waals surface area contributed by atoms with E-state index in [0.717, 1.165) is 10.2 Å². The van der Waals surface area contributed by atoms with E-state index in [0.29, 0.717) is 17.1 Å². The maximum absolute atomic E-state index is 13.5. The lowest BCUT2D eigenvalue weighted by Gasteiger charge is -2.08. The second kappa shape index (κ2) is 6.24. The van der Waals surface area contributed by atoms with Crippen molar-refractivity contribution in [2.24, 2.45) is 0 Å². The Morgan fingerprint density at radius 2 is 2.05 bits per heavy atom. The number of anilines is 1. The average Bonchev–Trinajstić information content (AvgIpc) is 2.40. The zero-order valence-corrected chi connectivity index (χ0v) is 12.5. The Kier molecular flexibility index (Phi) is 4.62. The number of hydrogen-bond donors (Lipinski definition) is 2. The molecule has 2 aromatic carbocycles. The molecule has 0 atom stereocenters. The molecule has 0 aliphatic rings. The first kappa shape index (κ1) is 14.8. The number of carboxylic acids is 1. The van der Waals surface area contributed by atoms with Gasteiger partial charge in [0.2, 0.25) is 0 Å². The third-order valence-electron chi connectivity index (χ3n) is 2.68. The van der Waals surface area contributed by atoms with Gasteiger partial charge in [-0.25, -0.2) is 9.18 Å². The summed E-state index contributed by atoms with van der Waals surface area (Å²) in [5.74, 6) is -2.02. The second-order valence-corrected chi connectivity index (χ2v) is 5.36. The van der Waals surface area contributed by atoms with Gasteiger partial charge >= 0.3 is 5.97 Å². The van der Waals surface area contributed by atoms with E-state index >= 15 is 0 Å². The van der Waals surface area contributed by atoms with Crippen molar-refractivity contribution in [1.82, 2.24) is 0 Å². The van der Waals surface area contributed by atoms with Crippen LogP contribution >= 0.6 is 27.5 Å². The van der Waals surface area contributed by atoms with Crippen LogP contribution in [0.15, 0.2) is 40.9 Å². The molecular formula is C14H10BrClFNO2. The van der Waals surface area contributed by atoms with Crippen molar-refractivity contribution in [3.05, 3.63) is 62.8 Å². The first-order valence-electron chi connectivity index (χ1n) is 5.68. The summed E-state index contributed by atoms with van der Waals surface area (Å²) in [6, 6.07) is 9.39. The lowest BCUT2D eigenvalue weighted by molar-refractivity contribution is 0.0692. The van der Waals surface area contributed by atoms with Crippen LogP contribution in [0.5, 0.6) is 0 Å². The maximum atomic E-state index is 13.5. The molecule has 0 aliphatic heterocycles. The van der Waals surface area contributed by atoms with E-state index in [2.05, 4.69) is 21.2 Å². The lowest BCUT2D eigenvalue weighted by Crippen LogP contribution is -2.04. The number of nitrogens with one attached hydrogen (secondary N) is 1. The Hall–Kier alpha value is -1.59. The fourth-order valence-corrected chi connectivity index (χ4v) is 2.15. The minimum atomic E-state index is -1.27. The minimum absolute atomic E-state index is 0.331. The smallest absolute Gasteiger partial charge is 0.338 e. The van der Waals surface area contributed by atoms with Gasteiger partial charge in [0.25, 0.3) is 0 Å². The third-order valence-corrected chi connectivity index (χ3v) is 3.89. The van der Waals surface area contributed by atoms with E-state index in [9.17, 15) is 9.18 Å². The molecule has 104 valence electrons. The number of hydrogen-bond acceptors (Lipinski definition) is 2. The van der Waals surface area contributed by atoms with E-state index < -0.39 is 11.8 Å². The molecule has 0 aliphatic carbocycles. The van der Waals surface area contributed by atoms with Crippen molar-refractivity contribution >= 4 is 39.2 Å². The van der Waals surface area contributed by atoms with Gasteiger partial charge in [-0.1, -0.05) is 17.7 Å². The standard InChI is InChI=1S/C14H10BrClFNO2/c15-11-6-9(2-4-12(11)16)18-7-8-1-3-10(14(19)20)13(17)5-8/h1-6,18H,7H2,(H,19,20). The summed E-state index contributed by atoms with van der Waals surface area (Å²) in [5, 5.41) is 12.5. The topological polar surface area (TPSA) is 49.3 Å². The van der Waals surface area contributed by atoms with Gasteiger partial charge in [0.05, 0.1) is 10.6 Å². The minimum Gasteiger partial charge on any atom is -0.478 e. The molecule has 0 fully saturated rings. The first-order valence-corrected chi connectivity index (χ1v) is 6.85. The highest BCUT2D eigenvalue weighted by Gasteiger charge is 2.10. The summed E-state index contributed by atoms with van der Waals surface area (Å²) in [4.78, 5) is 10.7. The Bertz CT molecular complexity index is 664. The quantitative estimate of drug-likeness (QED) is 0.843. The number of benzene rings is 2. The van der Waals surface area contributed by atoms with Gasteiger partial charge in [-0.3, -0.25) is 0 Å². The van der Waals surface area contributed by atoms with Crippen molar-refractivity contribution in [2.45, 2.75) is 6.54 Å². The molecule has 0 saturated heterocycles. The molecule has 0 saturated carbocycles. The molecule has 0 amide bonds. The molecule has 0 spiro atoms. The number of aromatic carboxylic acids is 1. The number of carbonyl (C=O) groups is 1. The van der Waals surface area contributed by atoms with Gasteiger partial charge in [0, 0.05) is 16.7 Å². The largest absolute Gasteiger partial charge is 0.478 e. The van der Waals surface area contributed by atoms with Gasteiger partial charge in [0.1, 0.15) is 5.82 Å². The van der Waals surface area contributed by atoms with Crippen LogP contribution in [0.2, 0.25) is 5.02 Å². The summed E-state index contributed by atoms with van der Waals surface area (Å²) in [5.41, 5.74) is 1.14. The number of halogens is 3. The summed E-state index contributed by atoms with van der Waals surface area (Å²) in [6.45, 7) is 0.380. The van der Waals surface area contributed by atoms with Crippen LogP contribution in [-0.4, -0.2) is 11.1 Å². The summed E-state index contributed by atoms with van der Waals surface area (Å²) in [6.07, 6.45) is 0. The number of rotatable bonds is 4. The van der Waals surface area contributed by atoms with E-state index in [4.69, 9.17) is 16.7 Å². The van der Waals surface area contributed by atoms with E-state index in [1.807, 2.05) is 6.07 Å². The molecule has 2 N–H and O–H groups in total. The summed E-state index contributed by atoms with van der Waals surface area (Å²) < 4.78 is 14.3. The second-order valence-electron chi connectivity index (χ2n) is 4.10. The van der Waals surface area contributed by atoms with Crippen LogP contribution in [0.1, 0.15) is 15.9 Å². The Labute approximate surface area is 128 Å². The zero-order valence-electron chi connectivity index (χ0n) is 10.2. The van der Waals surface area contributed by atoms with Crippen molar-refractivity contribution in [3.63, 3.8) is 0 Å². The summed E-state index contributed by atoms with van der Waals surface area (Å²) in [7, 11) is 0. The molecule has 3 nitrogen and oxygen atoms in total. The maximum Gasteiger partial charge on any atom is 0.338 e. The van der Waals surface area contributed by atoms with Gasteiger partial charge in [0.15, 0.2) is 0 Å². The monoisotopic (exact) mass is 357 g/mol. The average molecular weight is 359 g/mol. The van der Waals surface area contributed by atoms with Crippen molar-refractivity contribution in [1.29, 1.82) is 0 Å². The highest BCUT2D eigenvalue weighted by Crippen LogP contribution is 2.25. The molecular weight excluding hydrogens is 349 g/mol. The van der Waals surface area contributed by atoms with Crippen LogP contribution in [-0.2, 0) is 6.54 Å². The van der Waals surface area contributed by atoms with Gasteiger partial charge in [-0.05, 0) is 51.8 Å². The molecule has 0 bridgehead atoms. The lowest BCUT2D eigenvalue weighted by atomic mass is 10.1. The number of carboxylic acid groups (broad SMARTS) is 1. The van der Waals surface area contributed by atoms with Crippen molar-refractivity contribution in [3.8, 4) is 0 Å². The molecule has 0 aromatic heterocycles. The van der Waals surface area contributed by atoms with Crippen LogP contribution in [0, 0.1) is 5.82 Å². The first-order chi connectivity index (χ1) is 9.47. The van der Waals surface area contributed by atoms with Crippen LogP contribution in [0.4, 0.5) is 10.1 Å². The van der Waals surface area contributed by atoms with Crippen LogP contribution < -0.4 is 5.32 Å². The van der Waals surface area contributed by atoms with Crippen molar-refractivity contribution < 1.29 is 14.3 Å². The molecule has 0 heterocycles. The Morgan fingerprint density at radius 3 is 2.65 bits per heavy atom. The van der Waals surface area contributed by atoms with Crippen LogP contribution in [0.3, 0.4) is 0 Å². The molecule has 2 rings (SSSR count). The predicted octanol–water partition coefficient (Wildman–Crippen LogP) is 4.55. The molecule has 6 heteroatoms. The Morgan fingerprint density at radius 1 is 1.30 bits per heavy atom. The highest BCUT2D eigenvalue weighted by atomic mass is 79.9. The van der Waals surface area contributed by atoms with Gasteiger partial charge < -0.3 is 10.4 Å². The Balaban J connectivity index is 2.09. The molecule has 20 heavy (non-hydrogen) atoms. The van der Waals surface area contributed by atoms with Crippen molar-refractivity contribution in [2.75, 3.05) is 5.32 Å². The SMILES string of the molecule is O=C(O)c1ccc(CNc2ccc(Cl)c(Br)c2)cc1F. The fourth-order valence-electron chi connectivity index (χ4n) is 1.65. The molecule has 0 radical (unpaired) electrons. The van der Waals surface area contributed by atoms with Gasteiger partial charge in [-0.15, -0.1) is 0 Å². The summed E-state index contributed by atoms with van der Waals surface area (Å²) >= 11 is 9.20. The third kappa shape index (κ3) is 3.49. The van der Waals surface area contributed by atoms with E-state index in [1.54, 1.807) is 18.2 Å². The fraction of sp³-hybridized carbons (Fsp3) is 0.0714. The van der Waals surface area contributed by atoms with E-state index in [-0.39, 0.29) is 5.56 Å². The molecule has 0 unspecified atom stereocenters. The van der Waals surface area contributed by atoms with E-state index in [1.165, 1.54) is 12.1 Å². The van der Waals surface area contributed by atoms with Crippen LogP contribution in [0.25, 0.3) is 0 Å². The zero-order chi connectivity index (χ0) is 14.7. The predicted molar refractivity (Wildman–Crippen MR) is 79.8 cm³/mol.